The fourth-order valence-electron chi connectivity index (χ4n) is 0.883. The highest BCUT2D eigenvalue weighted by atomic mass is 32.1. The topological polar surface area (TPSA) is 27.7 Å². The van der Waals surface area contributed by atoms with E-state index in [1.807, 2.05) is 12.1 Å². The molecule has 1 aromatic rings. The molecule has 0 aliphatic rings. The predicted molar refractivity (Wildman–Crippen MR) is 56.3 cm³/mol. The van der Waals surface area contributed by atoms with E-state index in [-0.39, 0.29) is 6.61 Å². The zero-order valence-electron chi connectivity index (χ0n) is 8.41. The molecular weight excluding hydrogens is 219 g/mol. The summed E-state index contributed by atoms with van der Waals surface area (Å²) < 4.78 is 27.0. The van der Waals surface area contributed by atoms with Crippen LogP contribution in [-0.4, -0.2) is 39.7 Å². The van der Waals surface area contributed by atoms with Crippen LogP contribution in [0.5, 0.6) is 5.06 Å². The van der Waals surface area contributed by atoms with Gasteiger partial charge in [0.1, 0.15) is 13.3 Å². The first-order valence-corrected chi connectivity index (χ1v) is 5.55. The van der Waals surface area contributed by atoms with Crippen molar-refractivity contribution in [3.8, 4) is 5.06 Å². The first-order chi connectivity index (χ1) is 7.43. The number of hydrogen-bond donors (Lipinski definition) is 0. The molecule has 0 bridgehead atoms. The minimum atomic E-state index is -0.446. The SMILES string of the molecule is FCCOCCOCCOc1cc[c]s1. The van der Waals surface area contributed by atoms with E-state index in [1.165, 1.54) is 11.3 Å². The van der Waals surface area contributed by atoms with Gasteiger partial charge in [0, 0.05) is 5.38 Å². The Bertz CT molecular complexity index is 229. The molecule has 85 valence electrons. The van der Waals surface area contributed by atoms with Crippen LogP contribution in [-0.2, 0) is 9.47 Å². The fourth-order valence-corrected chi connectivity index (χ4v) is 1.41. The van der Waals surface area contributed by atoms with E-state index in [9.17, 15) is 4.39 Å². The highest BCUT2D eigenvalue weighted by molar-refractivity contribution is 7.11. The number of alkyl halides is 1. The summed E-state index contributed by atoms with van der Waals surface area (Å²) in [6.07, 6.45) is 0. The lowest BCUT2D eigenvalue weighted by Crippen LogP contribution is -2.11. The van der Waals surface area contributed by atoms with Gasteiger partial charge in [0.05, 0.1) is 26.4 Å². The van der Waals surface area contributed by atoms with Gasteiger partial charge < -0.3 is 14.2 Å². The zero-order valence-corrected chi connectivity index (χ0v) is 9.22. The Balaban J connectivity index is 1.81. The molecule has 0 aliphatic carbocycles. The molecule has 0 aliphatic heterocycles. The van der Waals surface area contributed by atoms with Gasteiger partial charge in [-0.3, -0.25) is 0 Å². The molecule has 0 fully saturated rings. The Labute approximate surface area is 92.8 Å². The molecule has 0 spiro atoms. The Hall–Kier alpha value is -0.650. The van der Waals surface area contributed by atoms with E-state index in [2.05, 4.69) is 5.38 Å². The van der Waals surface area contributed by atoms with Crippen LogP contribution in [0.4, 0.5) is 4.39 Å². The van der Waals surface area contributed by atoms with Crippen LogP contribution in [0.3, 0.4) is 0 Å². The summed E-state index contributed by atoms with van der Waals surface area (Å²) >= 11 is 1.43. The smallest absolute Gasteiger partial charge is 0.174 e. The second-order valence-corrected chi connectivity index (χ2v) is 3.48. The molecular formula is C10H14FO3S. The van der Waals surface area contributed by atoms with E-state index < -0.39 is 6.67 Å². The second kappa shape index (κ2) is 8.64. The van der Waals surface area contributed by atoms with Crippen LogP contribution >= 0.6 is 11.3 Å². The molecule has 15 heavy (non-hydrogen) atoms. The highest BCUT2D eigenvalue weighted by Gasteiger charge is 1.94. The molecule has 3 nitrogen and oxygen atoms in total. The van der Waals surface area contributed by atoms with Crippen molar-refractivity contribution in [1.29, 1.82) is 0 Å². The number of halogens is 1. The van der Waals surface area contributed by atoms with Crippen molar-refractivity contribution < 1.29 is 18.6 Å². The average molecular weight is 233 g/mol. The molecule has 0 atom stereocenters. The summed E-state index contributed by atoms with van der Waals surface area (Å²) in [6.45, 7) is 1.62. The highest BCUT2D eigenvalue weighted by Crippen LogP contribution is 2.16. The van der Waals surface area contributed by atoms with Crippen molar-refractivity contribution in [2.75, 3.05) is 39.7 Å². The van der Waals surface area contributed by atoms with Crippen LogP contribution < -0.4 is 4.74 Å². The Morgan fingerprint density at radius 2 is 1.87 bits per heavy atom. The van der Waals surface area contributed by atoms with Gasteiger partial charge in [0.15, 0.2) is 5.06 Å². The van der Waals surface area contributed by atoms with Crippen molar-refractivity contribution in [2.24, 2.45) is 0 Å². The number of hydrogen-bond acceptors (Lipinski definition) is 4. The van der Waals surface area contributed by atoms with E-state index >= 15 is 0 Å². The monoisotopic (exact) mass is 233 g/mol. The van der Waals surface area contributed by atoms with Gasteiger partial charge in [-0.25, -0.2) is 4.39 Å². The maximum atomic E-state index is 11.6. The summed E-state index contributed by atoms with van der Waals surface area (Å²) in [6, 6.07) is 3.67. The van der Waals surface area contributed by atoms with Crippen LogP contribution in [0.15, 0.2) is 12.1 Å². The lowest BCUT2D eigenvalue weighted by Gasteiger charge is -2.05. The third-order valence-electron chi connectivity index (χ3n) is 1.51. The molecule has 5 heteroatoms. The molecule has 0 unspecified atom stereocenters. The van der Waals surface area contributed by atoms with Crippen molar-refractivity contribution in [2.45, 2.75) is 0 Å². The van der Waals surface area contributed by atoms with Gasteiger partial charge in [0.25, 0.3) is 0 Å². The molecule has 1 heterocycles. The molecule has 0 saturated heterocycles. The Morgan fingerprint density at radius 3 is 2.53 bits per heavy atom. The fraction of sp³-hybridized carbons (Fsp3) is 0.600. The largest absolute Gasteiger partial charge is 0.482 e. The van der Waals surface area contributed by atoms with Crippen molar-refractivity contribution in [3.05, 3.63) is 17.5 Å². The molecule has 1 radical (unpaired) electrons. The number of rotatable bonds is 9. The summed E-state index contributed by atoms with van der Waals surface area (Å²) in [5, 5.41) is 3.77. The van der Waals surface area contributed by atoms with E-state index in [1.54, 1.807) is 0 Å². The first kappa shape index (κ1) is 12.4. The third-order valence-corrected chi connectivity index (χ3v) is 2.22. The van der Waals surface area contributed by atoms with Crippen molar-refractivity contribution in [1.82, 2.24) is 0 Å². The van der Waals surface area contributed by atoms with Gasteiger partial charge in [-0.05, 0) is 12.1 Å². The maximum absolute atomic E-state index is 11.6. The van der Waals surface area contributed by atoms with Crippen LogP contribution in [0.25, 0.3) is 0 Å². The lowest BCUT2D eigenvalue weighted by atomic mass is 10.6. The van der Waals surface area contributed by atoms with Crippen molar-refractivity contribution in [3.63, 3.8) is 0 Å². The summed E-state index contributed by atoms with van der Waals surface area (Å²) in [4.78, 5) is 0. The van der Waals surface area contributed by atoms with Crippen molar-refractivity contribution >= 4 is 11.3 Å². The predicted octanol–water partition coefficient (Wildman–Crippen LogP) is 1.93. The normalized spacial score (nSPS) is 10.5. The van der Waals surface area contributed by atoms with Gasteiger partial charge in [-0.2, -0.15) is 0 Å². The molecule has 0 saturated carbocycles. The number of ether oxygens (including phenoxy) is 3. The molecule has 0 aromatic carbocycles. The number of thiophene rings is 1. The Kier molecular flexibility index (Phi) is 7.16. The van der Waals surface area contributed by atoms with Gasteiger partial charge in [0.2, 0.25) is 0 Å². The standard InChI is InChI=1S/C10H14FO3S/c11-3-4-12-5-6-13-7-8-14-10-2-1-9-15-10/h1-2H,3-8H2. The van der Waals surface area contributed by atoms with E-state index in [0.717, 1.165) is 5.06 Å². The van der Waals surface area contributed by atoms with Crippen LogP contribution in [0.2, 0.25) is 0 Å². The molecule has 0 N–H and O–H groups in total. The molecule has 1 rings (SSSR count). The van der Waals surface area contributed by atoms with Gasteiger partial charge >= 0.3 is 0 Å². The van der Waals surface area contributed by atoms with Crippen LogP contribution in [0.1, 0.15) is 0 Å². The maximum Gasteiger partial charge on any atom is 0.174 e. The molecule has 0 amide bonds. The summed E-state index contributed by atoms with van der Waals surface area (Å²) in [5.41, 5.74) is 0. The minimum absolute atomic E-state index is 0.144. The lowest BCUT2D eigenvalue weighted by molar-refractivity contribution is 0.0329. The summed E-state index contributed by atoms with van der Waals surface area (Å²) in [5.74, 6) is 0. The quantitative estimate of drug-likeness (QED) is 0.610. The Morgan fingerprint density at radius 1 is 1.13 bits per heavy atom. The van der Waals surface area contributed by atoms with E-state index in [4.69, 9.17) is 14.2 Å². The third kappa shape index (κ3) is 6.43. The molecule has 1 aromatic heterocycles. The zero-order chi connectivity index (χ0) is 10.8. The van der Waals surface area contributed by atoms with E-state index in [0.29, 0.717) is 26.4 Å². The minimum Gasteiger partial charge on any atom is -0.482 e. The first-order valence-electron chi connectivity index (χ1n) is 4.73. The summed E-state index contributed by atoms with van der Waals surface area (Å²) in [7, 11) is 0. The van der Waals surface area contributed by atoms with Crippen LogP contribution in [0, 0.1) is 5.38 Å². The van der Waals surface area contributed by atoms with Gasteiger partial charge in [-0.15, -0.1) is 0 Å². The average Bonchev–Trinajstić information content (AvgIpc) is 2.75. The van der Waals surface area contributed by atoms with Gasteiger partial charge in [-0.1, -0.05) is 11.3 Å². The second-order valence-electron chi connectivity index (χ2n) is 2.63.